The van der Waals surface area contributed by atoms with Gasteiger partial charge in [-0.15, -0.1) is 0 Å². The fourth-order valence-electron chi connectivity index (χ4n) is 0.249. The normalized spacial score (nSPS) is 11.1. The quantitative estimate of drug-likeness (QED) is 0.430. The van der Waals surface area contributed by atoms with Crippen molar-refractivity contribution in [1.29, 1.82) is 0 Å². The van der Waals surface area contributed by atoms with E-state index in [0.29, 0.717) is 0 Å². The molecule has 8 heavy (non-hydrogen) atoms. The molecule has 0 radical (unpaired) electrons. The van der Waals surface area contributed by atoms with Crippen LogP contribution in [0.15, 0.2) is 24.3 Å². The van der Waals surface area contributed by atoms with Gasteiger partial charge >= 0.3 is 5.97 Å². The third-order valence-corrected chi connectivity index (χ3v) is 0.542. The summed E-state index contributed by atoms with van der Waals surface area (Å²) < 4.78 is 0. The monoisotopic (exact) mass is 112 g/mol. The second kappa shape index (κ2) is 4.12. The van der Waals surface area contributed by atoms with Crippen molar-refractivity contribution in [2.24, 2.45) is 0 Å². The number of carbonyl (C=O) groups is 1. The van der Waals surface area contributed by atoms with Crippen LogP contribution in [0.5, 0.6) is 0 Å². The Labute approximate surface area is 48.1 Å². The van der Waals surface area contributed by atoms with Gasteiger partial charge in [0.05, 0.1) is 0 Å². The summed E-state index contributed by atoms with van der Waals surface area (Å²) in [6.07, 6.45) is 5.98. The first-order valence-electron chi connectivity index (χ1n) is 2.29. The van der Waals surface area contributed by atoms with Gasteiger partial charge in [-0.2, -0.15) is 0 Å². The summed E-state index contributed by atoms with van der Waals surface area (Å²) in [6, 6.07) is 0. The number of aliphatic carboxylic acids is 1. The van der Waals surface area contributed by atoms with Crippen LogP contribution in [0.3, 0.4) is 0 Å². The lowest BCUT2D eigenvalue weighted by Gasteiger charge is -1.72. The van der Waals surface area contributed by atoms with Crippen LogP contribution in [-0.4, -0.2) is 11.1 Å². The first-order valence-corrected chi connectivity index (χ1v) is 2.29. The van der Waals surface area contributed by atoms with Gasteiger partial charge in [0.15, 0.2) is 0 Å². The van der Waals surface area contributed by atoms with E-state index in [0.717, 1.165) is 6.08 Å². The van der Waals surface area contributed by atoms with Gasteiger partial charge in [0.1, 0.15) is 0 Å². The molecular formula is C6H8O2. The molecule has 0 saturated heterocycles. The van der Waals surface area contributed by atoms with Gasteiger partial charge in [0.2, 0.25) is 0 Å². The van der Waals surface area contributed by atoms with E-state index in [9.17, 15) is 4.79 Å². The molecule has 2 heteroatoms. The molecule has 0 spiro atoms. The molecule has 0 fully saturated rings. The minimum atomic E-state index is -0.914. The van der Waals surface area contributed by atoms with Crippen LogP contribution in [0.25, 0.3) is 0 Å². The summed E-state index contributed by atoms with van der Waals surface area (Å²) in [5.41, 5.74) is 0. The summed E-state index contributed by atoms with van der Waals surface area (Å²) in [5, 5.41) is 8.02. The molecule has 0 aliphatic carbocycles. The molecule has 0 saturated carbocycles. The van der Waals surface area contributed by atoms with Crippen LogP contribution in [0.1, 0.15) is 6.92 Å². The third-order valence-electron chi connectivity index (χ3n) is 0.542. The van der Waals surface area contributed by atoms with Crippen molar-refractivity contribution in [3.8, 4) is 0 Å². The zero-order valence-electron chi connectivity index (χ0n) is 4.66. The minimum absolute atomic E-state index is 0.914. The average molecular weight is 112 g/mol. The predicted molar refractivity (Wildman–Crippen MR) is 31.6 cm³/mol. The Morgan fingerprint density at radius 2 is 2.12 bits per heavy atom. The molecule has 0 aromatic heterocycles. The maximum absolute atomic E-state index is 9.75. The summed E-state index contributed by atoms with van der Waals surface area (Å²) in [4.78, 5) is 9.75. The Morgan fingerprint density at radius 1 is 1.50 bits per heavy atom. The number of rotatable bonds is 2. The number of hydrogen-bond donors (Lipinski definition) is 1. The highest BCUT2D eigenvalue weighted by Crippen LogP contribution is 1.74. The van der Waals surface area contributed by atoms with Gasteiger partial charge in [-0.1, -0.05) is 18.2 Å². The molecular weight excluding hydrogens is 104 g/mol. The van der Waals surface area contributed by atoms with E-state index in [1.807, 2.05) is 6.92 Å². The van der Waals surface area contributed by atoms with Crippen LogP contribution in [0, 0.1) is 0 Å². The number of allylic oxidation sites excluding steroid dienone is 3. The molecule has 0 aliphatic rings. The van der Waals surface area contributed by atoms with Crippen LogP contribution in [0.4, 0.5) is 0 Å². The van der Waals surface area contributed by atoms with E-state index in [1.165, 1.54) is 6.08 Å². The Hall–Kier alpha value is -1.05. The molecule has 44 valence electrons. The van der Waals surface area contributed by atoms with Gasteiger partial charge in [-0.3, -0.25) is 0 Å². The highest BCUT2D eigenvalue weighted by Gasteiger charge is 1.78. The van der Waals surface area contributed by atoms with Crippen LogP contribution >= 0.6 is 0 Å². The SMILES string of the molecule is C/C=C\C=C\C(=O)O. The van der Waals surface area contributed by atoms with E-state index in [-0.39, 0.29) is 0 Å². The van der Waals surface area contributed by atoms with Crippen molar-refractivity contribution in [3.05, 3.63) is 24.3 Å². The van der Waals surface area contributed by atoms with Crippen LogP contribution in [-0.2, 0) is 4.79 Å². The topological polar surface area (TPSA) is 37.3 Å². The molecule has 0 aromatic carbocycles. The summed E-state index contributed by atoms with van der Waals surface area (Å²) in [5.74, 6) is -0.914. The molecule has 0 unspecified atom stereocenters. The summed E-state index contributed by atoms with van der Waals surface area (Å²) in [7, 11) is 0. The lowest BCUT2D eigenvalue weighted by Crippen LogP contribution is -1.83. The largest absolute Gasteiger partial charge is 0.478 e. The van der Waals surface area contributed by atoms with Crippen molar-refractivity contribution >= 4 is 5.97 Å². The van der Waals surface area contributed by atoms with E-state index in [4.69, 9.17) is 5.11 Å². The third kappa shape index (κ3) is 4.95. The highest BCUT2D eigenvalue weighted by molar-refractivity contribution is 5.80. The molecule has 0 amide bonds. The highest BCUT2D eigenvalue weighted by atomic mass is 16.4. The Bertz CT molecular complexity index is 122. The van der Waals surface area contributed by atoms with E-state index in [2.05, 4.69) is 0 Å². The fourth-order valence-corrected chi connectivity index (χ4v) is 0.249. The minimum Gasteiger partial charge on any atom is -0.478 e. The van der Waals surface area contributed by atoms with E-state index < -0.39 is 5.97 Å². The average Bonchev–Trinajstić information content (AvgIpc) is 1.66. The second-order valence-electron chi connectivity index (χ2n) is 1.22. The molecule has 0 atom stereocenters. The van der Waals surface area contributed by atoms with Crippen molar-refractivity contribution in [2.45, 2.75) is 6.92 Å². The first-order chi connectivity index (χ1) is 3.77. The Balaban J connectivity index is 3.50. The van der Waals surface area contributed by atoms with Gasteiger partial charge in [0.25, 0.3) is 0 Å². The maximum Gasteiger partial charge on any atom is 0.328 e. The zero-order valence-corrected chi connectivity index (χ0v) is 4.66. The van der Waals surface area contributed by atoms with Crippen LogP contribution < -0.4 is 0 Å². The number of hydrogen-bond acceptors (Lipinski definition) is 1. The van der Waals surface area contributed by atoms with E-state index in [1.54, 1.807) is 12.2 Å². The van der Waals surface area contributed by atoms with Crippen molar-refractivity contribution in [1.82, 2.24) is 0 Å². The van der Waals surface area contributed by atoms with Gasteiger partial charge in [-0.25, -0.2) is 4.79 Å². The smallest absolute Gasteiger partial charge is 0.328 e. The molecule has 0 rings (SSSR count). The zero-order chi connectivity index (χ0) is 6.41. The van der Waals surface area contributed by atoms with Gasteiger partial charge in [0, 0.05) is 6.08 Å². The van der Waals surface area contributed by atoms with Crippen LogP contribution in [0.2, 0.25) is 0 Å². The number of carboxylic acid groups (broad SMARTS) is 1. The Kier molecular flexibility index (Phi) is 3.58. The van der Waals surface area contributed by atoms with Crippen molar-refractivity contribution in [2.75, 3.05) is 0 Å². The molecule has 0 aliphatic heterocycles. The lowest BCUT2D eigenvalue weighted by atomic mass is 10.4. The maximum atomic E-state index is 9.75. The molecule has 0 aromatic rings. The Morgan fingerprint density at radius 3 is 2.50 bits per heavy atom. The fraction of sp³-hybridized carbons (Fsp3) is 0.167. The standard InChI is InChI=1S/C6H8O2/c1-2-3-4-5-6(7)8/h2-5H,1H3,(H,7,8)/b3-2-,5-4+. The second-order valence-corrected chi connectivity index (χ2v) is 1.22. The summed E-state index contributed by atoms with van der Waals surface area (Å²) >= 11 is 0. The summed E-state index contributed by atoms with van der Waals surface area (Å²) in [6.45, 7) is 1.83. The molecule has 0 heterocycles. The predicted octanol–water partition coefficient (Wildman–Crippen LogP) is 1.20. The van der Waals surface area contributed by atoms with Crippen molar-refractivity contribution in [3.63, 3.8) is 0 Å². The molecule has 1 N–H and O–H groups in total. The van der Waals surface area contributed by atoms with E-state index >= 15 is 0 Å². The van der Waals surface area contributed by atoms with Crippen molar-refractivity contribution < 1.29 is 9.90 Å². The molecule has 0 bridgehead atoms. The lowest BCUT2D eigenvalue weighted by molar-refractivity contribution is -0.131. The number of carboxylic acids is 1. The molecule has 2 nitrogen and oxygen atoms in total. The first kappa shape index (κ1) is 6.95. The van der Waals surface area contributed by atoms with Gasteiger partial charge in [-0.05, 0) is 6.92 Å². The van der Waals surface area contributed by atoms with Gasteiger partial charge < -0.3 is 5.11 Å².